The van der Waals surface area contributed by atoms with Crippen LogP contribution in [0.15, 0.2) is 53.7 Å². The molecule has 6 heteroatoms. The lowest BCUT2D eigenvalue weighted by molar-refractivity contribution is 0.186. The molecule has 0 saturated carbocycles. The average Bonchev–Trinajstić information content (AvgIpc) is 3.28. The van der Waals surface area contributed by atoms with Crippen molar-refractivity contribution in [3.63, 3.8) is 0 Å². The Labute approximate surface area is 147 Å². The number of hydrogen-bond acceptors (Lipinski definition) is 3. The van der Waals surface area contributed by atoms with Crippen LogP contribution in [0.1, 0.15) is 19.3 Å². The molecular formula is C18H24N4OS. The van der Waals surface area contributed by atoms with E-state index in [9.17, 15) is 4.79 Å². The lowest BCUT2D eigenvalue weighted by Gasteiger charge is -2.25. The van der Waals surface area contributed by atoms with Gasteiger partial charge in [0.2, 0.25) is 0 Å². The van der Waals surface area contributed by atoms with Crippen molar-refractivity contribution >= 4 is 17.8 Å². The molecule has 1 fully saturated rings. The minimum Gasteiger partial charge on any atom is -0.338 e. The predicted octanol–water partition coefficient (Wildman–Crippen LogP) is 3.24. The third kappa shape index (κ3) is 4.77. The molecule has 1 atom stereocenters. The van der Waals surface area contributed by atoms with E-state index in [1.165, 1.54) is 4.90 Å². The second-order valence-electron chi connectivity index (χ2n) is 5.96. The summed E-state index contributed by atoms with van der Waals surface area (Å²) >= 11 is 1.83. The van der Waals surface area contributed by atoms with Crippen molar-refractivity contribution < 1.29 is 4.79 Å². The SMILES string of the molecule is O=C(NCCCSc1ccccc1)N1CCCC1Cn1cccn1. The zero-order valence-electron chi connectivity index (χ0n) is 13.8. The summed E-state index contributed by atoms with van der Waals surface area (Å²) in [6.07, 6.45) is 6.84. The molecule has 128 valence electrons. The molecular weight excluding hydrogens is 320 g/mol. The van der Waals surface area contributed by atoms with E-state index < -0.39 is 0 Å². The lowest BCUT2D eigenvalue weighted by Crippen LogP contribution is -2.44. The lowest BCUT2D eigenvalue weighted by atomic mass is 10.2. The molecule has 0 radical (unpaired) electrons. The maximum atomic E-state index is 12.4. The van der Waals surface area contributed by atoms with Crippen LogP contribution in [0.25, 0.3) is 0 Å². The third-order valence-electron chi connectivity index (χ3n) is 4.20. The summed E-state index contributed by atoms with van der Waals surface area (Å²) in [5.41, 5.74) is 0. The molecule has 2 amide bonds. The summed E-state index contributed by atoms with van der Waals surface area (Å²) in [5.74, 6) is 1.01. The predicted molar refractivity (Wildman–Crippen MR) is 97.1 cm³/mol. The summed E-state index contributed by atoms with van der Waals surface area (Å²) in [5, 5.41) is 7.31. The van der Waals surface area contributed by atoms with E-state index in [1.54, 1.807) is 6.20 Å². The molecule has 1 aromatic heterocycles. The topological polar surface area (TPSA) is 50.2 Å². The van der Waals surface area contributed by atoms with Crippen LogP contribution >= 0.6 is 11.8 Å². The maximum Gasteiger partial charge on any atom is 0.317 e. The summed E-state index contributed by atoms with van der Waals surface area (Å²) in [6.45, 7) is 2.35. The van der Waals surface area contributed by atoms with Gasteiger partial charge in [0.1, 0.15) is 0 Å². The van der Waals surface area contributed by atoms with Gasteiger partial charge in [0, 0.05) is 30.4 Å². The van der Waals surface area contributed by atoms with Gasteiger partial charge in [-0.25, -0.2) is 4.79 Å². The first-order chi connectivity index (χ1) is 11.8. The smallest absolute Gasteiger partial charge is 0.317 e. The van der Waals surface area contributed by atoms with Crippen LogP contribution in [0.5, 0.6) is 0 Å². The van der Waals surface area contributed by atoms with Gasteiger partial charge in [0.15, 0.2) is 0 Å². The van der Waals surface area contributed by atoms with E-state index in [0.717, 1.165) is 44.6 Å². The van der Waals surface area contributed by atoms with Gasteiger partial charge in [-0.1, -0.05) is 18.2 Å². The Kier molecular flexibility index (Phi) is 6.18. The van der Waals surface area contributed by atoms with Gasteiger partial charge in [-0.2, -0.15) is 5.10 Å². The highest BCUT2D eigenvalue weighted by molar-refractivity contribution is 7.99. The largest absolute Gasteiger partial charge is 0.338 e. The number of carbonyl (C=O) groups is 1. The zero-order chi connectivity index (χ0) is 16.6. The molecule has 0 aliphatic carbocycles. The first-order valence-electron chi connectivity index (χ1n) is 8.52. The summed E-state index contributed by atoms with van der Waals surface area (Å²) in [7, 11) is 0. The highest BCUT2D eigenvalue weighted by Gasteiger charge is 2.28. The first kappa shape index (κ1) is 16.9. The fraction of sp³-hybridized carbons (Fsp3) is 0.444. The molecule has 2 aromatic rings. The number of rotatable bonds is 7. The van der Waals surface area contributed by atoms with Crippen LogP contribution in [0.3, 0.4) is 0 Å². The molecule has 1 saturated heterocycles. The van der Waals surface area contributed by atoms with E-state index in [4.69, 9.17) is 0 Å². The second kappa shape index (κ2) is 8.78. The van der Waals surface area contributed by atoms with E-state index in [2.05, 4.69) is 34.7 Å². The van der Waals surface area contributed by atoms with Crippen molar-refractivity contribution in [3.8, 4) is 0 Å². The van der Waals surface area contributed by atoms with E-state index >= 15 is 0 Å². The van der Waals surface area contributed by atoms with E-state index in [1.807, 2.05) is 39.7 Å². The third-order valence-corrected chi connectivity index (χ3v) is 5.30. The zero-order valence-corrected chi connectivity index (χ0v) is 14.6. The highest BCUT2D eigenvalue weighted by Crippen LogP contribution is 2.19. The minimum absolute atomic E-state index is 0.0642. The van der Waals surface area contributed by atoms with Crippen molar-refractivity contribution in [2.24, 2.45) is 0 Å². The Hall–Kier alpha value is -1.95. The van der Waals surface area contributed by atoms with Crippen molar-refractivity contribution in [3.05, 3.63) is 48.8 Å². The number of nitrogens with zero attached hydrogens (tertiary/aromatic N) is 3. The molecule has 24 heavy (non-hydrogen) atoms. The normalized spacial score (nSPS) is 17.2. The van der Waals surface area contributed by atoms with Gasteiger partial charge in [-0.15, -0.1) is 11.8 Å². The number of aromatic nitrogens is 2. The van der Waals surface area contributed by atoms with Crippen LogP contribution in [0, 0.1) is 0 Å². The highest BCUT2D eigenvalue weighted by atomic mass is 32.2. The van der Waals surface area contributed by atoms with Gasteiger partial charge in [-0.05, 0) is 43.2 Å². The van der Waals surface area contributed by atoms with Gasteiger partial charge >= 0.3 is 6.03 Å². The van der Waals surface area contributed by atoms with Gasteiger partial charge in [-0.3, -0.25) is 4.68 Å². The van der Waals surface area contributed by atoms with E-state index in [0.29, 0.717) is 0 Å². The Morgan fingerprint density at radius 2 is 2.17 bits per heavy atom. The molecule has 1 N–H and O–H groups in total. The maximum absolute atomic E-state index is 12.4. The average molecular weight is 344 g/mol. The first-order valence-corrected chi connectivity index (χ1v) is 9.51. The van der Waals surface area contributed by atoms with Crippen LogP contribution in [0.2, 0.25) is 0 Å². The summed E-state index contributed by atoms with van der Waals surface area (Å²) < 4.78 is 1.91. The molecule has 1 unspecified atom stereocenters. The molecule has 1 aliphatic rings. The molecule has 3 rings (SSSR count). The Morgan fingerprint density at radius 3 is 2.96 bits per heavy atom. The second-order valence-corrected chi connectivity index (χ2v) is 7.13. The monoisotopic (exact) mass is 344 g/mol. The number of hydrogen-bond donors (Lipinski definition) is 1. The number of urea groups is 1. The standard InChI is InChI=1S/C18H24N4OS/c23-18(19-10-6-14-24-17-8-2-1-3-9-17)22-13-4-7-16(22)15-21-12-5-11-20-21/h1-3,5,8-9,11-12,16H,4,6-7,10,13-15H2,(H,19,23). The molecule has 0 spiro atoms. The number of benzene rings is 1. The molecule has 1 aromatic carbocycles. The van der Waals surface area contributed by atoms with Crippen molar-refractivity contribution in [1.82, 2.24) is 20.0 Å². The fourth-order valence-corrected chi connectivity index (χ4v) is 3.87. The minimum atomic E-state index is 0.0642. The Morgan fingerprint density at radius 1 is 1.29 bits per heavy atom. The number of amides is 2. The molecule has 0 bridgehead atoms. The van der Waals surface area contributed by atoms with E-state index in [-0.39, 0.29) is 12.1 Å². The fourth-order valence-electron chi connectivity index (χ4n) is 2.99. The quantitative estimate of drug-likeness (QED) is 0.620. The van der Waals surface area contributed by atoms with Crippen molar-refractivity contribution in [2.75, 3.05) is 18.8 Å². The Bertz CT molecular complexity index is 617. The van der Waals surface area contributed by atoms with Crippen molar-refractivity contribution in [1.29, 1.82) is 0 Å². The number of likely N-dealkylation sites (tertiary alicyclic amines) is 1. The number of nitrogens with one attached hydrogen (secondary N) is 1. The van der Waals surface area contributed by atoms with Crippen LogP contribution in [-0.2, 0) is 6.54 Å². The summed E-state index contributed by atoms with van der Waals surface area (Å²) in [4.78, 5) is 15.6. The summed E-state index contributed by atoms with van der Waals surface area (Å²) in [6, 6.07) is 12.6. The van der Waals surface area contributed by atoms with Gasteiger partial charge in [0.25, 0.3) is 0 Å². The number of thioether (sulfide) groups is 1. The molecule has 2 heterocycles. The molecule has 5 nitrogen and oxygen atoms in total. The Balaban J connectivity index is 1.36. The van der Waals surface area contributed by atoms with Crippen LogP contribution in [0.4, 0.5) is 4.79 Å². The van der Waals surface area contributed by atoms with Crippen LogP contribution in [-0.4, -0.2) is 45.6 Å². The van der Waals surface area contributed by atoms with Gasteiger partial charge in [0.05, 0.1) is 12.6 Å². The van der Waals surface area contributed by atoms with Crippen LogP contribution < -0.4 is 5.32 Å². The van der Waals surface area contributed by atoms with Gasteiger partial charge < -0.3 is 10.2 Å². The van der Waals surface area contributed by atoms with Crippen molar-refractivity contribution in [2.45, 2.75) is 36.7 Å². The molecule has 1 aliphatic heterocycles. The number of carbonyl (C=O) groups excluding carboxylic acids is 1.